The van der Waals surface area contributed by atoms with E-state index in [4.69, 9.17) is 10.5 Å². The van der Waals surface area contributed by atoms with Gasteiger partial charge in [-0.1, -0.05) is 6.07 Å². The number of aryl methyl sites for hydroxylation is 1. The molecule has 1 aromatic carbocycles. The minimum Gasteiger partial charge on any atom is -0.381 e. The van der Waals surface area contributed by atoms with E-state index >= 15 is 0 Å². The third kappa shape index (κ3) is 5.03. The van der Waals surface area contributed by atoms with Crippen molar-refractivity contribution in [1.29, 1.82) is 0 Å². The molecule has 3 heterocycles. The maximum Gasteiger partial charge on any atom is 0.240 e. The summed E-state index contributed by atoms with van der Waals surface area (Å²) in [5, 5.41) is 4.05. The summed E-state index contributed by atoms with van der Waals surface area (Å²) < 4.78 is 35.8. The van der Waals surface area contributed by atoms with E-state index in [1.165, 1.54) is 23.5 Å². The summed E-state index contributed by atoms with van der Waals surface area (Å²) in [4.78, 5) is 15.1. The van der Waals surface area contributed by atoms with E-state index < -0.39 is 10.0 Å². The molecule has 4 rings (SSSR count). The number of benzene rings is 1. The Balaban J connectivity index is 1.60. The van der Waals surface area contributed by atoms with Crippen LogP contribution >= 0.6 is 0 Å². The molecule has 11 nitrogen and oxygen atoms in total. The molecule has 0 amide bonds. The summed E-state index contributed by atoms with van der Waals surface area (Å²) >= 11 is 0. The molecule has 1 aliphatic heterocycles. The smallest absolute Gasteiger partial charge is 0.240 e. The second-order valence-corrected chi connectivity index (χ2v) is 10.3. The van der Waals surface area contributed by atoms with Crippen LogP contribution in [-0.4, -0.2) is 76.4 Å². The van der Waals surface area contributed by atoms with Crippen LogP contribution in [0.1, 0.15) is 19.4 Å². The monoisotopic (exact) mass is 472 g/mol. The van der Waals surface area contributed by atoms with Gasteiger partial charge in [0.25, 0.3) is 0 Å². The molecule has 0 unspecified atom stereocenters. The van der Waals surface area contributed by atoms with Crippen LogP contribution in [0.5, 0.6) is 0 Å². The zero-order chi connectivity index (χ0) is 23.6. The first kappa shape index (κ1) is 23.2. The van der Waals surface area contributed by atoms with Gasteiger partial charge >= 0.3 is 0 Å². The summed E-state index contributed by atoms with van der Waals surface area (Å²) in [7, 11) is -3.75. The maximum atomic E-state index is 13.1. The molecule has 0 bridgehead atoms. The van der Waals surface area contributed by atoms with Gasteiger partial charge in [-0.25, -0.2) is 28.1 Å². The number of nitrogens with two attached hydrogens (primary N) is 1. The topological polar surface area (TPSA) is 141 Å². The highest BCUT2D eigenvalue weighted by atomic mass is 32.2. The fraction of sp³-hybridized carbons (Fsp3) is 0.429. The van der Waals surface area contributed by atoms with Gasteiger partial charge in [0.2, 0.25) is 10.0 Å². The molecular weight excluding hydrogens is 444 g/mol. The van der Waals surface area contributed by atoms with Crippen LogP contribution in [-0.2, 0) is 14.8 Å². The zero-order valence-electron chi connectivity index (χ0n) is 18.9. The molecular formula is C21H28N8O3S. The summed E-state index contributed by atoms with van der Waals surface area (Å²) in [5.74, 6) is 0.515. The lowest BCUT2D eigenvalue weighted by Crippen LogP contribution is -2.55. The minimum absolute atomic E-state index is 0.154. The van der Waals surface area contributed by atoms with Crippen molar-refractivity contribution in [3.05, 3.63) is 42.6 Å². The Bertz CT molecular complexity index is 1220. The molecule has 3 N–H and O–H groups in total. The average Bonchev–Trinajstić information content (AvgIpc) is 3.34. The number of morpholine rings is 1. The molecule has 0 atom stereocenters. The van der Waals surface area contributed by atoms with Crippen molar-refractivity contribution in [2.45, 2.75) is 31.2 Å². The first-order valence-electron chi connectivity index (χ1n) is 10.6. The van der Waals surface area contributed by atoms with Gasteiger partial charge in [0.05, 0.1) is 30.0 Å². The van der Waals surface area contributed by atoms with Crippen molar-refractivity contribution in [1.82, 2.24) is 34.4 Å². The Morgan fingerprint density at radius 2 is 2.00 bits per heavy atom. The van der Waals surface area contributed by atoms with E-state index in [-0.39, 0.29) is 22.8 Å². The number of hydrogen-bond donors (Lipinski definition) is 2. The standard InChI is InChI=1S/C21H28N8O3S/c1-15-4-5-16(33(30,31)26-12-21(2,3)28-6-8-32-9-7-28)10-17(15)18-11-24-19(22)20(27-18)29-14-23-13-25-29/h4-5,10-11,13-14,26H,6-9,12H2,1-3H3,(H2,22,24). The Morgan fingerprint density at radius 1 is 1.24 bits per heavy atom. The lowest BCUT2D eigenvalue weighted by molar-refractivity contribution is -0.00803. The van der Waals surface area contributed by atoms with Crippen molar-refractivity contribution < 1.29 is 13.2 Å². The largest absolute Gasteiger partial charge is 0.381 e. The normalized spacial score (nSPS) is 15.6. The SMILES string of the molecule is Cc1ccc(S(=O)(=O)NCC(C)(C)N2CCOCC2)cc1-c1cnc(N)c(-n2cncn2)n1. The molecule has 0 radical (unpaired) electrons. The number of nitrogen functional groups attached to an aromatic ring is 1. The number of nitrogens with zero attached hydrogens (tertiary/aromatic N) is 6. The zero-order valence-corrected chi connectivity index (χ0v) is 19.7. The predicted octanol–water partition coefficient (Wildman–Crippen LogP) is 1.00. The lowest BCUT2D eigenvalue weighted by Gasteiger charge is -2.40. The summed E-state index contributed by atoms with van der Waals surface area (Å²) in [6.45, 7) is 9.05. The first-order chi connectivity index (χ1) is 15.7. The second-order valence-electron chi connectivity index (χ2n) is 8.52. The van der Waals surface area contributed by atoms with Gasteiger partial charge in [-0.15, -0.1) is 0 Å². The molecule has 2 aromatic heterocycles. The van der Waals surface area contributed by atoms with Crippen LogP contribution in [0.2, 0.25) is 0 Å². The molecule has 0 saturated carbocycles. The third-order valence-electron chi connectivity index (χ3n) is 5.77. The van der Waals surface area contributed by atoms with Crippen molar-refractivity contribution in [2.75, 3.05) is 38.6 Å². The summed E-state index contributed by atoms with van der Waals surface area (Å²) in [6.07, 6.45) is 4.36. The maximum absolute atomic E-state index is 13.1. The van der Waals surface area contributed by atoms with Crippen LogP contribution in [0.3, 0.4) is 0 Å². The van der Waals surface area contributed by atoms with Crippen molar-refractivity contribution in [3.8, 4) is 17.1 Å². The van der Waals surface area contributed by atoms with Crippen LogP contribution in [0, 0.1) is 6.92 Å². The molecule has 3 aromatic rings. The number of nitrogens with one attached hydrogen (secondary N) is 1. The Labute approximate surface area is 193 Å². The van der Waals surface area contributed by atoms with E-state index in [9.17, 15) is 8.42 Å². The van der Waals surface area contributed by atoms with Gasteiger partial charge in [-0.2, -0.15) is 9.78 Å². The highest BCUT2D eigenvalue weighted by Crippen LogP contribution is 2.27. The van der Waals surface area contributed by atoms with Crippen molar-refractivity contribution >= 4 is 15.8 Å². The van der Waals surface area contributed by atoms with Gasteiger partial charge in [-0.3, -0.25) is 4.90 Å². The molecule has 33 heavy (non-hydrogen) atoms. The molecule has 12 heteroatoms. The molecule has 1 saturated heterocycles. The number of hydrogen-bond acceptors (Lipinski definition) is 9. The van der Waals surface area contributed by atoms with E-state index in [2.05, 4.69) is 29.7 Å². The van der Waals surface area contributed by atoms with Gasteiger partial charge in [-0.05, 0) is 38.5 Å². The number of ether oxygens (including phenoxy) is 1. The van der Waals surface area contributed by atoms with Crippen LogP contribution < -0.4 is 10.5 Å². The van der Waals surface area contributed by atoms with Crippen molar-refractivity contribution in [3.63, 3.8) is 0 Å². The fourth-order valence-electron chi connectivity index (χ4n) is 3.68. The van der Waals surface area contributed by atoms with E-state index in [0.717, 1.165) is 18.7 Å². The Kier molecular flexibility index (Phi) is 6.43. The highest BCUT2D eigenvalue weighted by Gasteiger charge is 2.30. The average molecular weight is 473 g/mol. The van der Waals surface area contributed by atoms with Crippen LogP contribution in [0.25, 0.3) is 17.1 Å². The summed E-state index contributed by atoms with van der Waals surface area (Å²) in [6, 6.07) is 4.95. The van der Waals surface area contributed by atoms with Crippen LogP contribution in [0.4, 0.5) is 5.82 Å². The molecule has 1 aliphatic rings. The number of anilines is 1. The Hall–Kier alpha value is -2.93. The van der Waals surface area contributed by atoms with Gasteiger partial charge in [0, 0.05) is 30.7 Å². The number of aromatic nitrogens is 5. The fourth-order valence-corrected chi connectivity index (χ4v) is 4.91. The lowest BCUT2D eigenvalue weighted by atomic mass is 10.0. The molecule has 1 fully saturated rings. The van der Waals surface area contributed by atoms with Crippen LogP contribution in [0.15, 0.2) is 41.9 Å². The van der Waals surface area contributed by atoms with Gasteiger partial charge in [0.1, 0.15) is 12.7 Å². The third-order valence-corrected chi connectivity index (χ3v) is 7.17. The number of sulfonamides is 1. The van der Waals surface area contributed by atoms with Gasteiger partial charge < -0.3 is 10.5 Å². The van der Waals surface area contributed by atoms with E-state index in [1.807, 2.05) is 20.8 Å². The van der Waals surface area contributed by atoms with Gasteiger partial charge in [0.15, 0.2) is 11.6 Å². The first-order valence-corrected chi connectivity index (χ1v) is 12.1. The number of rotatable bonds is 7. The molecule has 0 aliphatic carbocycles. The second kappa shape index (κ2) is 9.14. The summed E-state index contributed by atoms with van der Waals surface area (Å²) in [5.41, 5.74) is 7.59. The Morgan fingerprint density at radius 3 is 2.70 bits per heavy atom. The predicted molar refractivity (Wildman–Crippen MR) is 123 cm³/mol. The molecule has 176 valence electrons. The quantitative estimate of drug-likeness (QED) is 0.515. The van der Waals surface area contributed by atoms with Crippen molar-refractivity contribution in [2.24, 2.45) is 0 Å². The minimum atomic E-state index is -3.75. The van der Waals surface area contributed by atoms with E-state index in [1.54, 1.807) is 18.2 Å². The molecule has 0 spiro atoms. The highest BCUT2D eigenvalue weighted by molar-refractivity contribution is 7.89. The van der Waals surface area contributed by atoms with E-state index in [0.29, 0.717) is 30.3 Å².